The number of sulfonamides is 1. The van der Waals surface area contributed by atoms with Crippen LogP contribution in [-0.4, -0.2) is 36.9 Å². The number of halogens is 1. The predicted octanol–water partition coefficient (Wildman–Crippen LogP) is 1.93. The highest BCUT2D eigenvalue weighted by molar-refractivity contribution is 9.10. The standard InChI is InChI=1S/C11H14BrNO4S/c1-3-10(11(14)15)13(2)18(16,17)9-6-4-8(12)5-7-9/h4-7,10H,3H2,1-2H3,(H,14,15). The third kappa shape index (κ3) is 3.09. The molecule has 18 heavy (non-hydrogen) atoms. The lowest BCUT2D eigenvalue weighted by molar-refractivity contribution is -0.141. The molecule has 1 aromatic carbocycles. The number of rotatable bonds is 5. The van der Waals surface area contributed by atoms with Gasteiger partial charge in [-0.15, -0.1) is 0 Å². The zero-order chi connectivity index (χ0) is 13.9. The van der Waals surface area contributed by atoms with Crippen LogP contribution in [0.1, 0.15) is 13.3 Å². The van der Waals surface area contributed by atoms with E-state index in [9.17, 15) is 13.2 Å². The van der Waals surface area contributed by atoms with Crippen molar-refractivity contribution in [3.05, 3.63) is 28.7 Å². The average molecular weight is 336 g/mol. The van der Waals surface area contributed by atoms with Crippen LogP contribution in [0.15, 0.2) is 33.6 Å². The molecule has 7 heteroatoms. The van der Waals surface area contributed by atoms with E-state index in [2.05, 4.69) is 15.9 Å². The Bertz CT molecular complexity index is 526. The lowest BCUT2D eigenvalue weighted by Gasteiger charge is -2.23. The van der Waals surface area contributed by atoms with Crippen molar-refractivity contribution >= 4 is 31.9 Å². The van der Waals surface area contributed by atoms with Crippen LogP contribution in [0.5, 0.6) is 0 Å². The minimum atomic E-state index is -3.78. The summed E-state index contributed by atoms with van der Waals surface area (Å²) >= 11 is 3.21. The fourth-order valence-corrected chi connectivity index (χ4v) is 3.18. The van der Waals surface area contributed by atoms with Crippen molar-refractivity contribution in [2.24, 2.45) is 0 Å². The summed E-state index contributed by atoms with van der Waals surface area (Å²) in [4.78, 5) is 11.1. The number of hydrogen-bond acceptors (Lipinski definition) is 3. The summed E-state index contributed by atoms with van der Waals surface area (Å²) in [5.41, 5.74) is 0. The van der Waals surface area contributed by atoms with Crippen LogP contribution >= 0.6 is 15.9 Å². The molecule has 0 amide bonds. The van der Waals surface area contributed by atoms with E-state index in [1.165, 1.54) is 19.2 Å². The first-order valence-electron chi connectivity index (χ1n) is 5.27. The fraction of sp³-hybridized carbons (Fsp3) is 0.364. The van der Waals surface area contributed by atoms with Crippen molar-refractivity contribution < 1.29 is 18.3 Å². The predicted molar refractivity (Wildman–Crippen MR) is 70.8 cm³/mol. The summed E-state index contributed by atoms with van der Waals surface area (Å²) in [7, 11) is -2.50. The Labute approximate surface area is 115 Å². The molecule has 0 aliphatic rings. The lowest BCUT2D eigenvalue weighted by Crippen LogP contribution is -2.41. The molecule has 0 fully saturated rings. The second-order valence-electron chi connectivity index (χ2n) is 3.74. The second-order valence-corrected chi connectivity index (χ2v) is 6.65. The van der Waals surface area contributed by atoms with Gasteiger partial charge in [0, 0.05) is 11.5 Å². The largest absolute Gasteiger partial charge is 0.480 e. The van der Waals surface area contributed by atoms with Gasteiger partial charge in [0.25, 0.3) is 0 Å². The monoisotopic (exact) mass is 335 g/mol. The van der Waals surface area contributed by atoms with Crippen LogP contribution in [-0.2, 0) is 14.8 Å². The van der Waals surface area contributed by atoms with Crippen molar-refractivity contribution in [3.8, 4) is 0 Å². The highest BCUT2D eigenvalue weighted by Gasteiger charge is 2.31. The number of likely N-dealkylation sites (N-methyl/N-ethyl adjacent to an activating group) is 1. The third-order valence-corrected chi connectivity index (χ3v) is 5.01. The van der Waals surface area contributed by atoms with Gasteiger partial charge in [0.1, 0.15) is 6.04 Å². The van der Waals surface area contributed by atoms with Crippen molar-refractivity contribution in [2.45, 2.75) is 24.3 Å². The second kappa shape index (κ2) is 5.81. The Morgan fingerprint density at radius 2 is 1.89 bits per heavy atom. The molecule has 0 saturated heterocycles. The van der Waals surface area contributed by atoms with Crippen molar-refractivity contribution in [1.29, 1.82) is 0 Å². The smallest absolute Gasteiger partial charge is 0.321 e. The minimum Gasteiger partial charge on any atom is -0.480 e. The van der Waals surface area contributed by atoms with E-state index in [1.807, 2.05) is 0 Å². The number of aliphatic carboxylic acids is 1. The summed E-state index contributed by atoms with van der Waals surface area (Å²) < 4.78 is 26.0. The molecule has 5 nitrogen and oxygen atoms in total. The van der Waals surface area contributed by atoms with Gasteiger partial charge in [0.05, 0.1) is 4.90 Å². The molecular formula is C11H14BrNO4S. The van der Waals surface area contributed by atoms with E-state index < -0.39 is 22.0 Å². The zero-order valence-electron chi connectivity index (χ0n) is 10.00. The maximum absolute atomic E-state index is 12.2. The number of hydrogen-bond donors (Lipinski definition) is 1. The summed E-state index contributed by atoms with van der Waals surface area (Å²) in [5, 5.41) is 8.98. The third-order valence-electron chi connectivity index (χ3n) is 2.60. The first-order chi connectivity index (χ1) is 8.30. The summed E-state index contributed by atoms with van der Waals surface area (Å²) in [6, 6.07) is 5.01. The number of carboxylic acid groups (broad SMARTS) is 1. The molecule has 0 aromatic heterocycles. The molecule has 0 radical (unpaired) electrons. The van der Waals surface area contributed by atoms with E-state index in [-0.39, 0.29) is 11.3 Å². The maximum atomic E-state index is 12.2. The van der Waals surface area contributed by atoms with Crippen LogP contribution in [0, 0.1) is 0 Å². The number of benzene rings is 1. The normalized spacial score (nSPS) is 13.6. The zero-order valence-corrected chi connectivity index (χ0v) is 12.4. The average Bonchev–Trinajstić information content (AvgIpc) is 2.29. The number of nitrogens with zero attached hydrogens (tertiary/aromatic N) is 1. The maximum Gasteiger partial charge on any atom is 0.321 e. The SMILES string of the molecule is CCC(C(=O)O)N(C)S(=O)(=O)c1ccc(Br)cc1. The molecule has 0 heterocycles. The lowest BCUT2D eigenvalue weighted by atomic mass is 10.2. The van der Waals surface area contributed by atoms with Crippen molar-refractivity contribution in [2.75, 3.05) is 7.05 Å². The number of carbonyl (C=O) groups is 1. The van der Waals surface area contributed by atoms with E-state index in [0.29, 0.717) is 0 Å². The number of carboxylic acids is 1. The van der Waals surface area contributed by atoms with Crippen LogP contribution < -0.4 is 0 Å². The van der Waals surface area contributed by atoms with E-state index in [1.54, 1.807) is 19.1 Å². The molecule has 0 aliphatic heterocycles. The molecule has 0 bridgehead atoms. The van der Waals surface area contributed by atoms with Crippen LogP contribution in [0.4, 0.5) is 0 Å². The van der Waals surface area contributed by atoms with Gasteiger partial charge in [-0.05, 0) is 30.7 Å². The fourth-order valence-electron chi connectivity index (χ4n) is 1.53. The van der Waals surface area contributed by atoms with E-state index in [4.69, 9.17) is 5.11 Å². The first kappa shape index (κ1) is 15.1. The molecule has 1 aromatic rings. The van der Waals surface area contributed by atoms with Crippen LogP contribution in [0.25, 0.3) is 0 Å². The van der Waals surface area contributed by atoms with Gasteiger partial charge < -0.3 is 5.11 Å². The Balaban J connectivity index is 3.13. The molecule has 1 N–H and O–H groups in total. The van der Waals surface area contributed by atoms with Gasteiger partial charge in [-0.2, -0.15) is 4.31 Å². The highest BCUT2D eigenvalue weighted by Crippen LogP contribution is 2.20. The molecule has 100 valence electrons. The van der Waals surface area contributed by atoms with Crippen LogP contribution in [0.2, 0.25) is 0 Å². The summed E-state index contributed by atoms with van der Waals surface area (Å²) in [6.07, 6.45) is 0.210. The molecular weight excluding hydrogens is 322 g/mol. The first-order valence-corrected chi connectivity index (χ1v) is 7.50. The van der Waals surface area contributed by atoms with Gasteiger partial charge in [-0.3, -0.25) is 4.79 Å². The summed E-state index contributed by atoms with van der Waals surface area (Å²) in [6.45, 7) is 1.63. The van der Waals surface area contributed by atoms with Crippen LogP contribution in [0.3, 0.4) is 0 Å². The Kier molecular flexibility index (Phi) is 4.89. The molecule has 0 aliphatic carbocycles. The summed E-state index contributed by atoms with van der Waals surface area (Å²) in [5.74, 6) is -1.15. The van der Waals surface area contributed by atoms with E-state index >= 15 is 0 Å². The molecule has 1 unspecified atom stereocenters. The Morgan fingerprint density at radius 3 is 2.28 bits per heavy atom. The van der Waals surface area contributed by atoms with Gasteiger partial charge in [-0.25, -0.2) is 8.42 Å². The van der Waals surface area contributed by atoms with E-state index in [0.717, 1.165) is 8.78 Å². The Hall–Kier alpha value is -0.920. The molecule has 0 saturated carbocycles. The van der Waals surface area contributed by atoms with Gasteiger partial charge in [-0.1, -0.05) is 22.9 Å². The highest BCUT2D eigenvalue weighted by atomic mass is 79.9. The van der Waals surface area contributed by atoms with Gasteiger partial charge in [0.15, 0.2) is 0 Å². The van der Waals surface area contributed by atoms with Crippen molar-refractivity contribution in [1.82, 2.24) is 4.31 Å². The van der Waals surface area contributed by atoms with Gasteiger partial charge >= 0.3 is 5.97 Å². The topological polar surface area (TPSA) is 74.7 Å². The van der Waals surface area contributed by atoms with Gasteiger partial charge in [0.2, 0.25) is 10.0 Å². The van der Waals surface area contributed by atoms with Crippen molar-refractivity contribution in [3.63, 3.8) is 0 Å². The molecule has 1 rings (SSSR count). The quantitative estimate of drug-likeness (QED) is 0.892. The Morgan fingerprint density at radius 1 is 1.39 bits per heavy atom. The molecule has 1 atom stereocenters. The molecule has 0 spiro atoms. The minimum absolute atomic E-state index is 0.0768.